The number of nitrogens with one attached hydrogen (secondary N) is 5. The Hall–Kier alpha value is -4.51. The minimum Gasteiger partial charge on any atom is -0.386 e. The molecular weight excluding hydrogens is 526 g/mol. The number of benzene rings is 2. The van der Waals surface area contributed by atoms with Crippen molar-refractivity contribution in [1.29, 1.82) is 0 Å². The molecule has 1 unspecified atom stereocenters. The lowest BCUT2D eigenvalue weighted by Crippen LogP contribution is -2.36. The lowest BCUT2D eigenvalue weighted by Gasteiger charge is -2.17. The fourth-order valence-corrected chi connectivity index (χ4v) is 5.07. The van der Waals surface area contributed by atoms with Crippen molar-refractivity contribution in [2.45, 2.75) is 32.2 Å². The summed E-state index contributed by atoms with van der Waals surface area (Å²) in [7, 11) is 1.53. The van der Waals surface area contributed by atoms with Crippen molar-refractivity contribution in [1.82, 2.24) is 30.3 Å². The van der Waals surface area contributed by atoms with Gasteiger partial charge >= 0.3 is 0 Å². The maximum atomic E-state index is 14.8. The molecule has 0 spiro atoms. The normalized spacial score (nSPS) is 14.7. The summed E-state index contributed by atoms with van der Waals surface area (Å²) < 4.78 is 30.9. The molecule has 1 saturated heterocycles. The van der Waals surface area contributed by atoms with Gasteiger partial charge in [-0.2, -0.15) is 0 Å². The van der Waals surface area contributed by atoms with Crippen molar-refractivity contribution < 1.29 is 13.6 Å². The van der Waals surface area contributed by atoms with Crippen molar-refractivity contribution in [2.24, 2.45) is 0 Å². The number of rotatable bonds is 11. The van der Waals surface area contributed by atoms with Gasteiger partial charge in [-0.05, 0) is 61.7 Å². The highest BCUT2D eigenvalue weighted by atomic mass is 19.2. The van der Waals surface area contributed by atoms with Gasteiger partial charge in [-0.1, -0.05) is 13.5 Å². The van der Waals surface area contributed by atoms with E-state index in [1.807, 2.05) is 13.0 Å². The molecule has 214 valence electrons. The van der Waals surface area contributed by atoms with Gasteiger partial charge in [0.25, 0.3) is 5.91 Å². The topological polar surface area (TPSA) is 107 Å². The Labute approximate surface area is 237 Å². The summed E-state index contributed by atoms with van der Waals surface area (Å²) >= 11 is 0. The molecule has 4 aromatic rings. The Morgan fingerprint density at radius 3 is 2.73 bits per heavy atom. The van der Waals surface area contributed by atoms with Gasteiger partial charge in [0, 0.05) is 61.1 Å². The molecule has 1 amide bonds. The molecule has 2 aromatic carbocycles. The van der Waals surface area contributed by atoms with Crippen molar-refractivity contribution in [3.05, 3.63) is 84.0 Å². The van der Waals surface area contributed by atoms with Gasteiger partial charge in [0.1, 0.15) is 0 Å². The van der Waals surface area contributed by atoms with E-state index in [2.05, 4.69) is 43.1 Å². The third kappa shape index (κ3) is 5.85. The summed E-state index contributed by atoms with van der Waals surface area (Å²) in [6, 6.07) is 8.78. The molecule has 1 aliphatic rings. The zero-order chi connectivity index (χ0) is 28.9. The third-order valence-corrected chi connectivity index (χ3v) is 7.29. The van der Waals surface area contributed by atoms with Crippen LogP contribution in [0.15, 0.2) is 61.2 Å². The Morgan fingerprint density at radius 2 is 1.98 bits per heavy atom. The van der Waals surface area contributed by atoms with E-state index in [0.29, 0.717) is 48.3 Å². The highest BCUT2D eigenvalue weighted by Crippen LogP contribution is 2.31. The van der Waals surface area contributed by atoms with Crippen molar-refractivity contribution in [3.8, 4) is 11.3 Å². The number of hydrogen-bond donors (Lipinski definition) is 5. The molecule has 0 saturated carbocycles. The average Bonchev–Trinajstić information content (AvgIpc) is 3.68. The predicted molar refractivity (Wildman–Crippen MR) is 157 cm³/mol. The smallest absolute Gasteiger partial charge is 0.251 e. The minimum atomic E-state index is -0.960. The van der Waals surface area contributed by atoms with Gasteiger partial charge in [0.15, 0.2) is 23.1 Å². The highest BCUT2D eigenvalue weighted by molar-refractivity contribution is 5.96. The molecule has 0 bridgehead atoms. The van der Waals surface area contributed by atoms with Gasteiger partial charge < -0.3 is 26.6 Å². The first-order valence-corrected chi connectivity index (χ1v) is 13.7. The molecule has 1 aliphatic heterocycles. The standard InChI is InChI=1S/C30H34F2N8O/c1-4-19-16-20(7-8-21(19)30(41)37-13-12-34-18(2)23-6-5-11-35-23)39-28-29-38-17-25(40(29)15-14-36-28)22-9-10-24(33-3)27(32)26(22)31/h7-10,14-17,23,33-35H,2,4-6,11-13H2,1,3H3,(H,36,39)(H,37,41). The van der Waals surface area contributed by atoms with E-state index in [1.54, 1.807) is 28.9 Å². The summed E-state index contributed by atoms with van der Waals surface area (Å²) in [6.07, 6.45) is 7.56. The highest BCUT2D eigenvalue weighted by Gasteiger charge is 2.19. The van der Waals surface area contributed by atoms with E-state index in [0.717, 1.165) is 36.3 Å². The number of halogens is 2. The van der Waals surface area contributed by atoms with E-state index in [-0.39, 0.29) is 17.2 Å². The van der Waals surface area contributed by atoms with Crippen LogP contribution < -0.4 is 26.6 Å². The van der Waals surface area contributed by atoms with Crippen LogP contribution in [0.4, 0.5) is 26.0 Å². The van der Waals surface area contributed by atoms with Gasteiger partial charge in [0.2, 0.25) is 0 Å². The molecule has 1 atom stereocenters. The number of fused-ring (bicyclic) bond motifs is 1. The van der Waals surface area contributed by atoms with Crippen molar-refractivity contribution >= 4 is 28.7 Å². The van der Waals surface area contributed by atoms with Crippen LogP contribution in [0.3, 0.4) is 0 Å². The summed E-state index contributed by atoms with van der Waals surface area (Å²) in [6.45, 7) is 8.17. The predicted octanol–water partition coefficient (Wildman–Crippen LogP) is 4.61. The fourth-order valence-electron chi connectivity index (χ4n) is 5.07. The SMILES string of the molecule is C=C(NCCNC(=O)c1ccc(Nc2nccn3c(-c4ccc(NC)c(F)c4F)cnc23)cc1CC)C1CCCN1. The van der Waals surface area contributed by atoms with E-state index < -0.39 is 11.6 Å². The van der Waals surface area contributed by atoms with Crippen LogP contribution in [0, 0.1) is 11.6 Å². The third-order valence-electron chi connectivity index (χ3n) is 7.29. The number of anilines is 3. The molecule has 0 aliphatic carbocycles. The lowest BCUT2D eigenvalue weighted by atomic mass is 10.0. The Balaban J connectivity index is 1.29. The van der Waals surface area contributed by atoms with Gasteiger partial charge in [0.05, 0.1) is 17.6 Å². The van der Waals surface area contributed by atoms with Crippen LogP contribution in [0.2, 0.25) is 0 Å². The molecule has 5 N–H and O–H groups in total. The molecular formula is C30H34F2N8O. The quantitative estimate of drug-likeness (QED) is 0.171. The second kappa shape index (κ2) is 12.3. The van der Waals surface area contributed by atoms with Crippen molar-refractivity contribution in [3.63, 3.8) is 0 Å². The largest absolute Gasteiger partial charge is 0.386 e. The fraction of sp³-hybridized carbons (Fsp3) is 0.300. The maximum absolute atomic E-state index is 14.8. The number of imidazole rings is 1. The second-order valence-corrected chi connectivity index (χ2v) is 9.86. The number of aryl methyl sites for hydroxylation is 1. The molecule has 3 heterocycles. The Morgan fingerprint density at radius 1 is 1.15 bits per heavy atom. The first kappa shape index (κ1) is 28.0. The number of nitrogens with zero attached hydrogens (tertiary/aromatic N) is 3. The van der Waals surface area contributed by atoms with Crippen LogP contribution in [0.25, 0.3) is 16.9 Å². The average molecular weight is 561 g/mol. The monoisotopic (exact) mass is 560 g/mol. The number of carbonyl (C=O) groups excluding carboxylic acids is 1. The van der Waals surface area contributed by atoms with Crippen LogP contribution in [-0.4, -0.2) is 53.0 Å². The second-order valence-electron chi connectivity index (χ2n) is 9.86. The molecule has 2 aromatic heterocycles. The molecule has 0 radical (unpaired) electrons. The van der Waals surface area contributed by atoms with Crippen LogP contribution in [0.1, 0.15) is 35.7 Å². The van der Waals surface area contributed by atoms with E-state index in [1.165, 1.54) is 25.4 Å². The molecule has 41 heavy (non-hydrogen) atoms. The minimum absolute atomic E-state index is 0.0763. The summed E-state index contributed by atoms with van der Waals surface area (Å²) in [5, 5.41) is 15.6. The Kier molecular flexibility index (Phi) is 8.44. The van der Waals surface area contributed by atoms with E-state index >= 15 is 0 Å². The van der Waals surface area contributed by atoms with Gasteiger partial charge in [-0.15, -0.1) is 0 Å². The zero-order valence-electron chi connectivity index (χ0n) is 23.2. The lowest BCUT2D eigenvalue weighted by molar-refractivity contribution is 0.0953. The Bertz CT molecular complexity index is 1580. The zero-order valence-corrected chi connectivity index (χ0v) is 23.2. The van der Waals surface area contributed by atoms with Gasteiger partial charge in [-0.25, -0.2) is 18.7 Å². The molecule has 9 nitrogen and oxygen atoms in total. The van der Waals surface area contributed by atoms with Crippen LogP contribution >= 0.6 is 0 Å². The molecule has 5 rings (SSSR count). The van der Waals surface area contributed by atoms with Gasteiger partial charge in [-0.3, -0.25) is 9.20 Å². The summed E-state index contributed by atoms with van der Waals surface area (Å²) in [4.78, 5) is 21.8. The van der Waals surface area contributed by atoms with E-state index in [9.17, 15) is 13.6 Å². The first-order chi connectivity index (χ1) is 19.9. The number of amides is 1. The molecule has 1 fully saturated rings. The molecule has 11 heteroatoms. The summed E-state index contributed by atoms with van der Waals surface area (Å²) in [5.41, 5.74) is 4.16. The van der Waals surface area contributed by atoms with E-state index in [4.69, 9.17) is 0 Å². The van der Waals surface area contributed by atoms with Crippen molar-refractivity contribution in [2.75, 3.05) is 37.3 Å². The maximum Gasteiger partial charge on any atom is 0.251 e. The van der Waals surface area contributed by atoms with Crippen LogP contribution in [0.5, 0.6) is 0 Å². The number of carbonyl (C=O) groups is 1. The number of aromatic nitrogens is 3. The number of hydrogen-bond acceptors (Lipinski definition) is 7. The van der Waals surface area contributed by atoms with Crippen LogP contribution in [-0.2, 0) is 6.42 Å². The first-order valence-electron chi connectivity index (χ1n) is 13.7. The summed E-state index contributed by atoms with van der Waals surface area (Å²) in [5.74, 6) is -1.62.